The molecule has 1 aromatic rings. The molecule has 12 heavy (non-hydrogen) atoms. The van der Waals surface area contributed by atoms with Crippen molar-refractivity contribution in [2.75, 3.05) is 0 Å². The van der Waals surface area contributed by atoms with Gasteiger partial charge in [-0.05, 0) is 19.1 Å². The molecule has 0 spiro atoms. The Morgan fingerprint density at radius 2 is 2.00 bits per heavy atom. The zero-order valence-corrected chi connectivity index (χ0v) is 7.25. The third kappa shape index (κ3) is 3.07. The van der Waals surface area contributed by atoms with Crippen LogP contribution in [0.1, 0.15) is 18.9 Å². The molecule has 0 saturated heterocycles. The van der Waals surface area contributed by atoms with Gasteiger partial charge in [-0.2, -0.15) is 0 Å². The van der Waals surface area contributed by atoms with Crippen LogP contribution in [-0.2, 0) is 0 Å². The first-order valence-corrected chi connectivity index (χ1v) is 4.08. The number of benzene rings is 1. The minimum Gasteiger partial charge on any atom is -0.0937 e. The lowest BCUT2D eigenvalue weighted by Crippen LogP contribution is -1.69. The van der Waals surface area contributed by atoms with Gasteiger partial charge in [-0.25, -0.2) is 0 Å². The Hall–Kier alpha value is -1.48. The van der Waals surface area contributed by atoms with E-state index in [2.05, 4.69) is 17.9 Å². The van der Waals surface area contributed by atoms with Crippen molar-refractivity contribution in [3.8, 4) is 11.8 Å². The average Bonchev–Trinajstić information content (AvgIpc) is 2.14. The van der Waals surface area contributed by atoms with E-state index in [9.17, 15) is 0 Å². The maximum Gasteiger partial charge on any atom is 0.0273 e. The standard InChI is InChI=1S/C12H12/c1-2-3-4-6-9-12-10-7-5-8-11-12/h2-3,5,7-8,10-11H,4H2,1H3. The molecule has 0 aliphatic heterocycles. The predicted octanol–water partition coefficient (Wildman–Crippen LogP) is 3.00. The van der Waals surface area contributed by atoms with Crippen LogP contribution in [0.25, 0.3) is 0 Å². The van der Waals surface area contributed by atoms with Crippen LogP contribution in [-0.4, -0.2) is 0 Å². The van der Waals surface area contributed by atoms with Crippen LogP contribution in [0.3, 0.4) is 0 Å². The summed E-state index contributed by atoms with van der Waals surface area (Å²) >= 11 is 0. The highest BCUT2D eigenvalue weighted by atomic mass is 13.8. The van der Waals surface area contributed by atoms with Gasteiger partial charge < -0.3 is 0 Å². The molecule has 1 aromatic carbocycles. The highest BCUT2D eigenvalue weighted by molar-refractivity contribution is 5.33. The Balaban J connectivity index is 2.55. The highest BCUT2D eigenvalue weighted by Gasteiger charge is 1.79. The fraction of sp³-hybridized carbons (Fsp3) is 0.167. The van der Waals surface area contributed by atoms with Crippen LogP contribution >= 0.6 is 0 Å². The third-order valence-electron chi connectivity index (χ3n) is 1.46. The Labute approximate surface area is 73.9 Å². The quantitative estimate of drug-likeness (QED) is 0.433. The van der Waals surface area contributed by atoms with Gasteiger partial charge in [-0.15, -0.1) is 0 Å². The van der Waals surface area contributed by atoms with Gasteiger partial charge in [0.25, 0.3) is 0 Å². The first-order chi connectivity index (χ1) is 5.93. The molecule has 0 aliphatic carbocycles. The van der Waals surface area contributed by atoms with Crippen molar-refractivity contribution < 1.29 is 0 Å². The molecule has 0 heterocycles. The Bertz CT molecular complexity index is 296. The summed E-state index contributed by atoms with van der Waals surface area (Å²) in [6, 6.07) is 10.0. The second-order valence-corrected chi connectivity index (χ2v) is 2.44. The van der Waals surface area contributed by atoms with E-state index >= 15 is 0 Å². The van der Waals surface area contributed by atoms with Gasteiger partial charge in [0.15, 0.2) is 0 Å². The molecule has 0 aromatic heterocycles. The Kier molecular flexibility index (Phi) is 3.74. The molecule has 0 heteroatoms. The van der Waals surface area contributed by atoms with Crippen LogP contribution in [0.2, 0.25) is 0 Å². The van der Waals surface area contributed by atoms with E-state index < -0.39 is 0 Å². The minimum atomic E-state index is 0.839. The molecule has 1 rings (SSSR count). The summed E-state index contributed by atoms with van der Waals surface area (Å²) in [5.74, 6) is 6.14. The van der Waals surface area contributed by atoms with Gasteiger partial charge in [0.1, 0.15) is 0 Å². The molecule has 0 fully saturated rings. The third-order valence-corrected chi connectivity index (χ3v) is 1.46. The summed E-state index contributed by atoms with van der Waals surface area (Å²) in [6.45, 7) is 2.00. The van der Waals surface area contributed by atoms with Crippen LogP contribution in [0.4, 0.5) is 0 Å². The van der Waals surface area contributed by atoms with Crippen molar-refractivity contribution in [3.63, 3.8) is 0 Å². The second kappa shape index (κ2) is 5.21. The summed E-state index contributed by atoms with van der Waals surface area (Å²) in [5, 5.41) is 0. The van der Waals surface area contributed by atoms with E-state index in [1.54, 1.807) is 0 Å². The SMILES string of the molecule is CC=CCC#Cc1ccccc1. The monoisotopic (exact) mass is 156 g/mol. The lowest BCUT2D eigenvalue weighted by atomic mass is 10.2. The van der Waals surface area contributed by atoms with Crippen LogP contribution in [0, 0.1) is 11.8 Å². The molecule has 0 N–H and O–H groups in total. The predicted molar refractivity (Wildman–Crippen MR) is 52.8 cm³/mol. The normalized spacial score (nSPS) is 9.42. The van der Waals surface area contributed by atoms with E-state index in [0.29, 0.717) is 0 Å². The molecule has 0 radical (unpaired) electrons. The second-order valence-electron chi connectivity index (χ2n) is 2.44. The highest BCUT2D eigenvalue weighted by Crippen LogP contribution is 1.94. The van der Waals surface area contributed by atoms with E-state index in [0.717, 1.165) is 12.0 Å². The van der Waals surface area contributed by atoms with Crippen LogP contribution in [0.15, 0.2) is 42.5 Å². The minimum absolute atomic E-state index is 0.839. The zero-order valence-electron chi connectivity index (χ0n) is 7.25. The summed E-state index contributed by atoms with van der Waals surface area (Å²) in [6.07, 6.45) is 4.90. The summed E-state index contributed by atoms with van der Waals surface area (Å²) in [4.78, 5) is 0. The van der Waals surface area contributed by atoms with E-state index in [1.165, 1.54) is 0 Å². The molecule has 0 aliphatic rings. The van der Waals surface area contributed by atoms with Crippen LogP contribution < -0.4 is 0 Å². The number of hydrogen-bond donors (Lipinski definition) is 0. The summed E-state index contributed by atoms with van der Waals surface area (Å²) < 4.78 is 0. The van der Waals surface area contributed by atoms with Gasteiger partial charge in [0, 0.05) is 12.0 Å². The summed E-state index contributed by atoms with van der Waals surface area (Å²) in [7, 11) is 0. The number of allylic oxidation sites excluding steroid dienone is 2. The van der Waals surface area contributed by atoms with E-state index in [1.807, 2.05) is 43.3 Å². The maximum atomic E-state index is 3.08. The largest absolute Gasteiger partial charge is 0.0937 e. The smallest absolute Gasteiger partial charge is 0.0273 e. The number of hydrogen-bond acceptors (Lipinski definition) is 0. The fourth-order valence-corrected chi connectivity index (χ4v) is 0.851. The molecular formula is C12H12. The van der Waals surface area contributed by atoms with Gasteiger partial charge in [-0.1, -0.05) is 42.2 Å². The lowest BCUT2D eigenvalue weighted by Gasteiger charge is -1.84. The average molecular weight is 156 g/mol. The summed E-state index contributed by atoms with van der Waals surface area (Å²) in [5.41, 5.74) is 1.09. The van der Waals surface area contributed by atoms with Crippen molar-refractivity contribution in [2.45, 2.75) is 13.3 Å². The van der Waals surface area contributed by atoms with Gasteiger partial charge in [-0.3, -0.25) is 0 Å². The Morgan fingerprint density at radius 1 is 1.25 bits per heavy atom. The molecule has 0 amide bonds. The first kappa shape index (κ1) is 8.62. The van der Waals surface area contributed by atoms with Crippen molar-refractivity contribution in [1.82, 2.24) is 0 Å². The van der Waals surface area contributed by atoms with Gasteiger partial charge in [0.2, 0.25) is 0 Å². The van der Waals surface area contributed by atoms with Crippen LogP contribution in [0.5, 0.6) is 0 Å². The molecule has 0 nitrogen and oxygen atoms in total. The molecule has 0 bridgehead atoms. The lowest BCUT2D eigenvalue weighted by molar-refractivity contribution is 1.44. The number of rotatable bonds is 1. The first-order valence-electron chi connectivity index (χ1n) is 4.08. The van der Waals surface area contributed by atoms with Gasteiger partial charge in [0.05, 0.1) is 0 Å². The van der Waals surface area contributed by atoms with Gasteiger partial charge >= 0.3 is 0 Å². The topological polar surface area (TPSA) is 0 Å². The van der Waals surface area contributed by atoms with Crippen molar-refractivity contribution in [2.24, 2.45) is 0 Å². The van der Waals surface area contributed by atoms with Crippen molar-refractivity contribution in [1.29, 1.82) is 0 Å². The molecule has 0 saturated carbocycles. The fourth-order valence-electron chi connectivity index (χ4n) is 0.851. The maximum absolute atomic E-state index is 3.08. The molecule has 60 valence electrons. The van der Waals surface area contributed by atoms with Crippen molar-refractivity contribution in [3.05, 3.63) is 48.0 Å². The molecular weight excluding hydrogens is 144 g/mol. The van der Waals surface area contributed by atoms with Crippen molar-refractivity contribution >= 4 is 0 Å². The Morgan fingerprint density at radius 3 is 2.67 bits per heavy atom. The zero-order chi connectivity index (χ0) is 8.65. The van der Waals surface area contributed by atoms with E-state index in [-0.39, 0.29) is 0 Å². The van der Waals surface area contributed by atoms with E-state index in [4.69, 9.17) is 0 Å². The molecule has 0 atom stereocenters. The molecule has 0 unspecified atom stereocenters.